The number of piperidine rings is 1. The third-order valence-electron chi connectivity index (χ3n) is 11.0. The lowest BCUT2D eigenvalue weighted by Gasteiger charge is -2.55. The fraction of sp³-hybridized carbons (Fsp3) is 0.600. The summed E-state index contributed by atoms with van der Waals surface area (Å²) in [4.78, 5) is 53.0. The second-order valence-electron chi connectivity index (χ2n) is 13.3. The number of esters is 2. The van der Waals surface area contributed by atoms with Gasteiger partial charge in [-0.25, -0.2) is 0 Å². The molecule has 0 radical (unpaired) electrons. The summed E-state index contributed by atoms with van der Waals surface area (Å²) in [6, 6.07) is 8.97. The Morgan fingerprint density at radius 2 is 1.69 bits per heavy atom. The van der Waals surface area contributed by atoms with Gasteiger partial charge in [0.1, 0.15) is 0 Å². The van der Waals surface area contributed by atoms with Crippen molar-refractivity contribution in [3.63, 3.8) is 0 Å². The van der Waals surface area contributed by atoms with Crippen molar-refractivity contribution in [1.29, 1.82) is 0 Å². The lowest BCUT2D eigenvalue weighted by Crippen LogP contribution is -2.58. The van der Waals surface area contributed by atoms with E-state index in [1.54, 1.807) is 0 Å². The van der Waals surface area contributed by atoms with E-state index in [2.05, 4.69) is 36.1 Å². The number of rotatable bonds is 6. The molecule has 1 heterocycles. The average Bonchev–Trinajstić information content (AvgIpc) is 3.27. The van der Waals surface area contributed by atoms with Crippen LogP contribution in [-0.4, -0.2) is 48.8 Å². The number of ether oxygens (including phenoxy) is 2. The minimum Gasteiger partial charge on any atom is -0.458 e. The van der Waals surface area contributed by atoms with Crippen LogP contribution in [0.4, 0.5) is 5.69 Å². The van der Waals surface area contributed by atoms with Crippen molar-refractivity contribution in [3.05, 3.63) is 52.6 Å². The first-order chi connectivity index (χ1) is 20.1. The van der Waals surface area contributed by atoms with Crippen LogP contribution in [0.1, 0.15) is 96.5 Å². The normalized spacial score (nSPS) is 32.4. The molecule has 224 valence electrons. The van der Waals surface area contributed by atoms with E-state index in [1.807, 2.05) is 6.08 Å². The number of hydrogen-bond acceptors (Lipinski definition) is 7. The van der Waals surface area contributed by atoms with Crippen molar-refractivity contribution in [2.75, 3.05) is 24.6 Å². The molecule has 7 heteroatoms. The molecule has 6 rings (SSSR count). The van der Waals surface area contributed by atoms with Crippen molar-refractivity contribution < 1.29 is 28.7 Å². The summed E-state index contributed by atoms with van der Waals surface area (Å²) in [6.45, 7) is 6.55. The summed E-state index contributed by atoms with van der Waals surface area (Å²) in [6.07, 6.45) is 10.5. The zero-order valence-electron chi connectivity index (χ0n) is 25.2. The van der Waals surface area contributed by atoms with Crippen molar-refractivity contribution in [2.24, 2.45) is 17.3 Å². The summed E-state index contributed by atoms with van der Waals surface area (Å²) in [5.41, 5.74) is 4.43. The summed E-state index contributed by atoms with van der Waals surface area (Å²) in [7, 11) is 0. The third kappa shape index (κ3) is 4.83. The van der Waals surface area contributed by atoms with Crippen LogP contribution >= 0.6 is 0 Å². The van der Waals surface area contributed by atoms with Crippen LogP contribution in [0.3, 0.4) is 0 Å². The minimum atomic E-state index is -1.35. The average molecular weight is 574 g/mol. The zero-order valence-corrected chi connectivity index (χ0v) is 25.2. The molecule has 1 aromatic carbocycles. The molecular formula is C35H43NO6. The maximum absolute atomic E-state index is 13.9. The minimum absolute atomic E-state index is 0.0353. The van der Waals surface area contributed by atoms with Crippen LogP contribution in [0.5, 0.6) is 0 Å². The predicted octanol–water partition coefficient (Wildman–Crippen LogP) is 6.01. The van der Waals surface area contributed by atoms with Gasteiger partial charge in [0.2, 0.25) is 5.78 Å². The van der Waals surface area contributed by atoms with E-state index >= 15 is 0 Å². The van der Waals surface area contributed by atoms with Crippen LogP contribution in [-0.2, 0) is 28.7 Å². The van der Waals surface area contributed by atoms with E-state index in [9.17, 15) is 19.2 Å². The molecule has 0 amide bonds. The second-order valence-corrected chi connectivity index (χ2v) is 13.3. The highest BCUT2D eigenvalue weighted by Crippen LogP contribution is 2.67. The van der Waals surface area contributed by atoms with Crippen LogP contribution in [0, 0.1) is 17.3 Å². The first kappa shape index (κ1) is 28.9. The van der Waals surface area contributed by atoms with Crippen molar-refractivity contribution in [3.8, 4) is 0 Å². The Morgan fingerprint density at radius 1 is 0.952 bits per heavy atom. The van der Waals surface area contributed by atoms with E-state index in [4.69, 9.17) is 9.47 Å². The number of hydrogen-bond donors (Lipinski definition) is 0. The maximum Gasteiger partial charge on any atom is 0.303 e. The number of carbonyl (C=O) groups excluding carboxylic acids is 4. The number of ketones is 2. The lowest BCUT2D eigenvalue weighted by atomic mass is 9.50. The number of Topliss-reactive ketones (excluding diaryl/α,β-unsaturated/α-hetero) is 1. The molecule has 0 spiro atoms. The fourth-order valence-corrected chi connectivity index (χ4v) is 9.23. The Labute approximate surface area is 248 Å². The summed E-state index contributed by atoms with van der Waals surface area (Å²) >= 11 is 0. The van der Waals surface area contributed by atoms with Gasteiger partial charge in [0.25, 0.3) is 0 Å². The molecule has 0 bridgehead atoms. The summed E-state index contributed by atoms with van der Waals surface area (Å²) in [5, 5.41) is 0. The Morgan fingerprint density at radius 3 is 2.38 bits per heavy atom. The highest BCUT2D eigenvalue weighted by atomic mass is 16.6. The molecule has 3 fully saturated rings. The molecule has 1 aliphatic heterocycles. The largest absolute Gasteiger partial charge is 0.458 e. The van der Waals surface area contributed by atoms with Crippen LogP contribution in [0.25, 0.3) is 0 Å². The van der Waals surface area contributed by atoms with Gasteiger partial charge >= 0.3 is 11.9 Å². The molecule has 0 aromatic heterocycles. The number of carbonyl (C=O) groups is 4. The first-order valence-corrected chi connectivity index (χ1v) is 15.8. The SMILES string of the molecule is CC(=O)OCC(=O)[C@@]1(OC(C)=O)CC[C@H]2[C@@H]3CCC4=CC(=O)CCC4=C3[C@@H](c3ccc(N4CCCCC4)cc3)C[C@@]21C. The number of benzene rings is 1. The van der Waals surface area contributed by atoms with Crippen molar-refractivity contribution in [1.82, 2.24) is 0 Å². The second kappa shape index (κ2) is 11.1. The molecule has 5 aliphatic rings. The van der Waals surface area contributed by atoms with Gasteiger partial charge in [0.05, 0.1) is 0 Å². The molecule has 1 saturated heterocycles. The van der Waals surface area contributed by atoms with Gasteiger partial charge in [-0.1, -0.05) is 24.6 Å². The summed E-state index contributed by atoms with van der Waals surface area (Å²) < 4.78 is 11.3. The van der Waals surface area contributed by atoms with Crippen molar-refractivity contribution >= 4 is 29.2 Å². The van der Waals surface area contributed by atoms with Gasteiger partial charge in [0.15, 0.2) is 18.0 Å². The molecule has 2 saturated carbocycles. The monoisotopic (exact) mass is 573 g/mol. The first-order valence-electron chi connectivity index (χ1n) is 15.8. The van der Waals surface area contributed by atoms with E-state index < -0.39 is 29.6 Å². The van der Waals surface area contributed by atoms with Crippen LogP contribution in [0.2, 0.25) is 0 Å². The van der Waals surface area contributed by atoms with E-state index in [-0.39, 0.29) is 29.3 Å². The van der Waals surface area contributed by atoms with Gasteiger partial charge in [-0.05, 0) is 105 Å². The predicted molar refractivity (Wildman–Crippen MR) is 159 cm³/mol. The van der Waals surface area contributed by atoms with Gasteiger partial charge in [0, 0.05) is 50.4 Å². The Hall–Kier alpha value is -3.22. The van der Waals surface area contributed by atoms with Gasteiger partial charge in [-0.2, -0.15) is 0 Å². The number of nitrogens with zero attached hydrogens (tertiary/aromatic N) is 1. The molecule has 7 nitrogen and oxygen atoms in total. The Balaban J connectivity index is 1.45. The quantitative estimate of drug-likeness (QED) is 0.385. The number of allylic oxidation sites excluding steroid dienone is 4. The Kier molecular flexibility index (Phi) is 7.65. The van der Waals surface area contributed by atoms with Gasteiger partial charge in [-0.15, -0.1) is 0 Å². The highest BCUT2D eigenvalue weighted by Gasteiger charge is 2.68. The molecular weight excluding hydrogens is 530 g/mol. The topological polar surface area (TPSA) is 90.0 Å². The van der Waals surface area contributed by atoms with E-state index in [1.165, 1.54) is 61.1 Å². The molecule has 42 heavy (non-hydrogen) atoms. The smallest absolute Gasteiger partial charge is 0.303 e. The number of anilines is 1. The number of fused-ring (bicyclic) bond motifs is 4. The van der Waals surface area contributed by atoms with Gasteiger partial charge < -0.3 is 14.4 Å². The molecule has 0 unspecified atom stereocenters. The maximum atomic E-state index is 13.9. The molecule has 4 aliphatic carbocycles. The van der Waals surface area contributed by atoms with E-state index in [0.29, 0.717) is 19.3 Å². The molecule has 1 aromatic rings. The standard InChI is InChI=1S/C35H43NO6/c1-22(37)41-21-32(40)35(42-23(2)38)16-15-31-29-13-9-25-19-27(39)12-14-28(25)33(29)30(20-34(31,35)3)24-7-10-26(11-8-24)36-17-5-4-6-18-36/h7-8,10-11,19,29-31H,4-6,9,12-18,20-21H2,1-3H3/t29-,30+,31-,34-,35-/m0/s1. The zero-order chi connectivity index (χ0) is 29.6. The van der Waals surface area contributed by atoms with Crippen molar-refractivity contribution in [2.45, 2.75) is 96.5 Å². The Bertz CT molecular complexity index is 1350. The molecule has 5 atom stereocenters. The van der Waals surface area contributed by atoms with Gasteiger partial charge in [-0.3, -0.25) is 19.2 Å². The third-order valence-corrected chi connectivity index (χ3v) is 11.0. The van der Waals surface area contributed by atoms with Crippen LogP contribution in [0.15, 0.2) is 47.1 Å². The lowest BCUT2D eigenvalue weighted by molar-refractivity contribution is -0.186. The van der Waals surface area contributed by atoms with Crippen LogP contribution < -0.4 is 4.90 Å². The molecule has 0 N–H and O–H groups in total. The highest BCUT2D eigenvalue weighted by molar-refractivity contribution is 5.94. The fourth-order valence-electron chi connectivity index (χ4n) is 9.23. The summed E-state index contributed by atoms with van der Waals surface area (Å²) in [5.74, 6) is -0.720. The van der Waals surface area contributed by atoms with E-state index in [0.717, 1.165) is 38.8 Å².